The maximum atomic E-state index is 11.9. The van der Waals surface area contributed by atoms with E-state index in [-0.39, 0.29) is 16.8 Å². The van der Waals surface area contributed by atoms with E-state index < -0.39 is 11.4 Å². The summed E-state index contributed by atoms with van der Waals surface area (Å²) in [4.78, 5) is 29.3. The third-order valence-corrected chi connectivity index (χ3v) is 4.50. The van der Waals surface area contributed by atoms with Gasteiger partial charge in [-0.2, -0.15) is 4.98 Å². The molecule has 0 aliphatic heterocycles. The molecule has 0 atom stereocenters. The van der Waals surface area contributed by atoms with E-state index in [0.29, 0.717) is 10.1 Å². The Morgan fingerprint density at radius 2 is 2.08 bits per heavy atom. The Hall–Kier alpha value is -2.72. The fourth-order valence-electron chi connectivity index (χ4n) is 1.75. The summed E-state index contributed by atoms with van der Waals surface area (Å²) in [5.41, 5.74) is 0.438. The molecule has 0 aliphatic carbocycles. The van der Waals surface area contributed by atoms with Crippen molar-refractivity contribution in [1.82, 2.24) is 20.2 Å². The van der Waals surface area contributed by atoms with Crippen LogP contribution in [0.2, 0.25) is 0 Å². The number of amides is 1. The van der Waals surface area contributed by atoms with Gasteiger partial charge in [0.1, 0.15) is 5.01 Å². The van der Waals surface area contributed by atoms with Crippen LogP contribution in [-0.4, -0.2) is 36.9 Å². The van der Waals surface area contributed by atoms with Gasteiger partial charge in [0.2, 0.25) is 16.9 Å². The van der Waals surface area contributed by atoms with E-state index in [1.807, 2.05) is 30.3 Å². The maximum Gasteiger partial charge on any atom is 0.255 e. The van der Waals surface area contributed by atoms with Crippen molar-refractivity contribution in [3.8, 4) is 16.5 Å². The molecule has 10 heteroatoms. The fraction of sp³-hybridized carbons (Fsp3) is 0.0714. The highest BCUT2D eigenvalue weighted by Gasteiger charge is 2.11. The number of hydrogen-bond donors (Lipinski definition) is 3. The molecule has 1 amide bonds. The Balaban J connectivity index is 1.59. The average molecular weight is 361 g/mol. The summed E-state index contributed by atoms with van der Waals surface area (Å²) in [6.45, 7) is 0. The first-order valence-electron chi connectivity index (χ1n) is 6.72. The van der Waals surface area contributed by atoms with Crippen LogP contribution in [0.5, 0.6) is 5.88 Å². The second-order valence-electron chi connectivity index (χ2n) is 4.52. The van der Waals surface area contributed by atoms with Crippen molar-refractivity contribution < 1.29 is 9.90 Å². The molecule has 0 aliphatic rings. The lowest BCUT2D eigenvalue weighted by atomic mass is 10.2. The average Bonchev–Trinajstić information content (AvgIpc) is 3.01. The van der Waals surface area contributed by atoms with Gasteiger partial charge < -0.3 is 10.1 Å². The summed E-state index contributed by atoms with van der Waals surface area (Å²) in [5.74, 6) is -0.702. The molecule has 0 spiro atoms. The van der Waals surface area contributed by atoms with Crippen molar-refractivity contribution >= 4 is 34.1 Å². The number of nitrogens with one attached hydrogen (secondary N) is 2. The van der Waals surface area contributed by atoms with Gasteiger partial charge in [0.05, 0.1) is 11.8 Å². The summed E-state index contributed by atoms with van der Waals surface area (Å²) in [6, 6.07) is 10.5. The fourth-order valence-corrected chi connectivity index (χ4v) is 3.19. The lowest BCUT2D eigenvalue weighted by Gasteiger charge is -2.01. The number of aromatic hydroxyl groups is 1. The lowest BCUT2D eigenvalue weighted by molar-refractivity contribution is -0.113. The Bertz CT molecular complexity index is 910. The summed E-state index contributed by atoms with van der Waals surface area (Å²) in [5, 5.41) is 21.1. The van der Waals surface area contributed by atoms with Gasteiger partial charge in [-0.15, -0.1) is 10.2 Å². The van der Waals surface area contributed by atoms with Gasteiger partial charge in [0.15, 0.2) is 5.16 Å². The highest BCUT2D eigenvalue weighted by molar-refractivity contribution is 7.99. The first-order valence-corrected chi connectivity index (χ1v) is 8.52. The van der Waals surface area contributed by atoms with Crippen molar-refractivity contribution in [1.29, 1.82) is 0 Å². The van der Waals surface area contributed by atoms with Crippen LogP contribution in [0.3, 0.4) is 0 Å². The van der Waals surface area contributed by atoms with Gasteiger partial charge in [0.25, 0.3) is 5.56 Å². The van der Waals surface area contributed by atoms with E-state index in [1.54, 1.807) is 0 Å². The van der Waals surface area contributed by atoms with E-state index >= 15 is 0 Å². The van der Waals surface area contributed by atoms with Gasteiger partial charge >= 0.3 is 0 Å². The van der Waals surface area contributed by atoms with Crippen LogP contribution in [0, 0.1) is 0 Å². The van der Waals surface area contributed by atoms with Gasteiger partial charge in [-0.1, -0.05) is 53.4 Å². The zero-order valence-electron chi connectivity index (χ0n) is 12.1. The molecule has 8 nitrogen and oxygen atoms in total. The van der Waals surface area contributed by atoms with Crippen LogP contribution < -0.4 is 10.9 Å². The van der Waals surface area contributed by atoms with Crippen molar-refractivity contribution in [3.05, 3.63) is 46.8 Å². The number of nitrogens with zero attached hydrogens (tertiary/aromatic N) is 3. The van der Waals surface area contributed by atoms with Crippen LogP contribution in [0.1, 0.15) is 0 Å². The Morgan fingerprint density at radius 3 is 2.83 bits per heavy atom. The Morgan fingerprint density at radius 1 is 1.29 bits per heavy atom. The van der Waals surface area contributed by atoms with Crippen molar-refractivity contribution in [2.75, 3.05) is 11.1 Å². The molecule has 0 saturated carbocycles. The number of hydrogen-bond acceptors (Lipinski definition) is 8. The largest absolute Gasteiger partial charge is 0.493 e. The minimum absolute atomic E-state index is 0.00659. The number of H-pyrrole nitrogens is 1. The summed E-state index contributed by atoms with van der Waals surface area (Å²) >= 11 is 2.26. The van der Waals surface area contributed by atoms with Gasteiger partial charge in [-0.3, -0.25) is 14.9 Å². The number of carbonyl (C=O) groups is 1. The molecule has 0 bridgehead atoms. The van der Waals surface area contributed by atoms with Crippen molar-refractivity contribution in [3.63, 3.8) is 0 Å². The van der Waals surface area contributed by atoms with Crippen molar-refractivity contribution in [2.24, 2.45) is 0 Å². The number of aromatic nitrogens is 4. The molecule has 3 N–H and O–H groups in total. The zero-order chi connectivity index (χ0) is 16.9. The summed E-state index contributed by atoms with van der Waals surface area (Å²) in [6.07, 6.45) is 0. The number of anilines is 1. The normalized spacial score (nSPS) is 10.5. The van der Waals surface area contributed by atoms with Crippen LogP contribution >= 0.6 is 23.1 Å². The standard InChI is InChI=1S/C14H11N5O3S2/c20-9-6-10(21)16-13(15-9)23-7-11(22)17-14-19-18-12(24-14)8-4-2-1-3-5-8/h1-6H,7H2,(H,17,19,22)(H2,15,16,20,21). The third-order valence-electron chi connectivity index (χ3n) is 2.74. The topological polar surface area (TPSA) is 121 Å². The third kappa shape index (κ3) is 4.18. The number of rotatable bonds is 5. The first-order chi connectivity index (χ1) is 11.6. The molecule has 24 heavy (non-hydrogen) atoms. The number of carbonyl (C=O) groups excluding carboxylic acids is 1. The molecule has 0 radical (unpaired) electrons. The molecule has 0 saturated heterocycles. The van der Waals surface area contributed by atoms with E-state index in [1.165, 1.54) is 11.3 Å². The number of benzene rings is 1. The molecular weight excluding hydrogens is 350 g/mol. The Labute approximate surface area is 144 Å². The van der Waals surface area contributed by atoms with Crippen LogP contribution in [0.25, 0.3) is 10.6 Å². The smallest absolute Gasteiger partial charge is 0.255 e. The molecule has 122 valence electrons. The van der Waals surface area contributed by atoms with E-state index in [4.69, 9.17) is 0 Å². The molecule has 3 rings (SSSR count). The van der Waals surface area contributed by atoms with E-state index in [0.717, 1.165) is 23.4 Å². The quantitative estimate of drug-likeness (QED) is 0.467. The zero-order valence-corrected chi connectivity index (χ0v) is 13.7. The second kappa shape index (κ2) is 7.23. The molecule has 2 heterocycles. The van der Waals surface area contributed by atoms with Crippen LogP contribution in [0.15, 0.2) is 46.3 Å². The first kappa shape index (κ1) is 16.1. The molecule has 3 aromatic rings. The summed E-state index contributed by atoms with van der Waals surface area (Å²) in [7, 11) is 0. The molecule has 0 fully saturated rings. The predicted octanol–water partition coefficient (Wildman–Crippen LogP) is 1.72. The monoisotopic (exact) mass is 361 g/mol. The second-order valence-corrected chi connectivity index (χ2v) is 6.47. The molecule has 1 aromatic carbocycles. The lowest BCUT2D eigenvalue weighted by Crippen LogP contribution is -2.15. The van der Waals surface area contributed by atoms with E-state index in [2.05, 4.69) is 25.5 Å². The van der Waals surface area contributed by atoms with Gasteiger partial charge in [0, 0.05) is 5.56 Å². The Kier molecular flexibility index (Phi) is 4.87. The number of aromatic amines is 1. The molecule has 2 aromatic heterocycles. The highest BCUT2D eigenvalue weighted by Crippen LogP contribution is 2.26. The van der Waals surface area contributed by atoms with Gasteiger partial charge in [-0.05, 0) is 0 Å². The SMILES string of the molecule is O=C(CSc1nc(O)cc(=O)[nH]1)Nc1nnc(-c2ccccc2)s1. The minimum atomic E-state index is -0.484. The van der Waals surface area contributed by atoms with Gasteiger partial charge in [-0.25, -0.2) is 0 Å². The van der Waals surface area contributed by atoms with E-state index in [9.17, 15) is 14.7 Å². The predicted molar refractivity (Wildman–Crippen MR) is 91.2 cm³/mol. The molecular formula is C14H11N5O3S2. The minimum Gasteiger partial charge on any atom is -0.493 e. The number of thioether (sulfide) groups is 1. The van der Waals surface area contributed by atoms with Crippen molar-refractivity contribution in [2.45, 2.75) is 5.16 Å². The maximum absolute atomic E-state index is 11.9. The van der Waals surface area contributed by atoms with Crippen LogP contribution in [0.4, 0.5) is 5.13 Å². The van der Waals surface area contributed by atoms with Crippen LogP contribution in [-0.2, 0) is 4.79 Å². The summed E-state index contributed by atoms with van der Waals surface area (Å²) < 4.78 is 0. The molecule has 0 unspecified atom stereocenters. The highest BCUT2D eigenvalue weighted by atomic mass is 32.2.